The highest BCUT2D eigenvalue weighted by molar-refractivity contribution is 5.95. The minimum Gasteiger partial charge on any atom is -0.497 e. The Kier molecular flexibility index (Phi) is 4.76. The van der Waals surface area contributed by atoms with E-state index in [1.165, 1.54) is 10.8 Å². The maximum Gasteiger partial charge on any atom is 0.137 e. The summed E-state index contributed by atoms with van der Waals surface area (Å²) < 4.78 is 5.28. The Morgan fingerprint density at radius 3 is 2.38 bits per heavy atom. The minimum atomic E-state index is 0.866. The molecule has 2 aromatic carbocycles. The second kappa shape index (κ2) is 7.34. The van der Waals surface area contributed by atoms with E-state index in [1.54, 1.807) is 7.11 Å². The second-order valence-electron chi connectivity index (χ2n) is 6.70. The molecule has 134 valence electrons. The average Bonchev–Trinajstić information content (AvgIpc) is 2.73. The number of rotatable bonds is 4. The van der Waals surface area contributed by atoms with Crippen molar-refractivity contribution in [3.63, 3.8) is 0 Å². The minimum absolute atomic E-state index is 0.866. The summed E-state index contributed by atoms with van der Waals surface area (Å²) in [6.45, 7) is 7.59. The molecule has 0 bridgehead atoms. The lowest BCUT2D eigenvalue weighted by molar-refractivity contribution is 0.271. The first-order valence-electron chi connectivity index (χ1n) is 9.30. The van der Waals surface area contributed by atoms with Gasteiger partial charge in [0.05, 0.1) is 12.8 Å². The molecular formula is C22H25N3O. The molecule has 0 radical (unpaired) electrons. The van der Waals surface area contributed by atoms with Gasteiger partial charge in [0.15, 0.2) is 0 Å². The van der Waals surface area contributed by atoms with Crippen molar-refractivity contribution < 1.29 is 4.74 Å². The fourth-order valence-electron chi connectivity index (χ4n) is 3.61. The van der Waals surface area contributed by atoms with Gasteiger partial charge in [0.25, 0.3) is 0 Å². The molecule has 1 saturated heterocycles. The van der Waals surface area contributed by atoms with Crippen molar-refractivity contribution in [3.8, 4) is 17.0 Å². The Morgan fingerprint density at radius 1 is 0.962 bits per heavy atom. The van der Waals surface area contributed by atoms with Crippen molar-refractivity contribution >= 4 is 16.6 Å². The number of anilines is 1. The number of nitrogens with zero attached hydrogens (tertiary/aromatic N) is 3. The highest BCUT2D eigenvalue weighted by Gasteiger charge is 2.19. The predicted molar refractivity (Wildman–Crippen MR) is 108 cm³/mol. The second-order valence-corrected chi connectivity index (χ2v) is 6.70. The quantitative estimate of drug-likeness (QED) is 0.712. The molecule has 3 aromatic rings. The van der Waals surface area contributed by atoms with Gasteiger partial charge >= 0.3 is 0 Å². The van der Waals surface area contributed by atoms with Gasteiger partial charge in [-0.25, -0.2) is 4.98 Å². The van der Waals surface area contributed by atoms with Crippen LogP contribution in [-0.2, 0) is 0 Å². The van der Waals surface area contributed by atoms with E-state index in [4.69, 9.17) is 9.72 Å². The van der Waals surface area contributed by atoms with E-state index in [0.29, 0.717) is 0 Å². The summed E-state index contributed by atoms with van der Waals surface area (Å²) in [6, 6.07) is 18.9. The van der Waals surface area contributed by atoms with Crippen LogP contribution in [0, 0.1) is 0 Å². The van der Waals surface area contributed by atoms with E-state index >= 15 is 0 Å². The van der Waals surface area contributed by atoms with Gasteiger partial charge in [-0.1, -0.05) is 31.2 Å². The first-order chi connectivity index (χ1) is 12.8. The fourth-order valence-corrected chi connectivity index (χ4v) is 3.61. The molecule has 26 heavy (non-hydrogen) atoms. The highest BCUT2D eigenvalue weighted by atomic mass is 16.5. The van der Waals surface area contributed by atoms with Crippen LogP contribution in [0.4, 0.5) is 5.82 Å². The van der Waals surface area contributed by atoms with Crippen LogP contribution in [0.25, 0.3) is 22.0 Å². The number of fused-ring (bicyclic) bond motifs is 1. The third-order valence-electron chi connectivity index (χ3n) is 5.23. The van der Waals surface area contributed by atoms with E-state index in [2.05, 4.69) is 59.2 Å². The zero-order chi connectivity index (χ0) is 17.9. The van der Waals surface area contributed by atoms with Crippen LogP contribution in [-0.4, -0.2) is 49.7 Å². The number of hydrogen-bond donors (Lipinski definition) is 0. The van der Waals surface area contributed by atoms with E-state index in [9.17, 15) is 0 Å². The molecule has 4 heteroatoms. The van der Waals surface area contributed by atoms with Crippen LogP contribution in [0.15, 0.2) is 54.6 Å². The standard InChI is InChI=1S/C22H25N3O/c1-3-24-12-14-25(15-13-24)22-20-7-5-4-6-18(20)16-21(23-22)17-8-10-19(26-2)11-9-17/h4-11,16H,3,12-15H2,1-2H3. The summed E-state index contributed by atoms with van der Waals surface area (Å²) in [4.78, 5) is 9.99. The zero-order valence-corrected chi connectivity index (χ0v) is 15.5. The predicted octanol–water partition coefficient (Wildman–Crippen LogP) is 4.05. The fraction of sp³-hybridized carbons (Fsp3) is 0.318. The smallest absolute Gasteiger partial charge is 0.137 e. The summed E-state index contributed by atoms with van der Waals surface area (Å²) in [5, 5.41) is 2.47. The number of likely N-dealkylation sites (N-methyl/N-ethyl adjacent to an activating group) is 1. The van der Waals surface area contributed by atoms with Gasteiger partial charge in [-0.05, 0) is 42.3 Å². The van der Waals surface area contributed by atoms with Crippen molar-refractivity contribution in [1.82, 2.24) is 9.88 Å². The lowest BCUT2D eigenvalue weighted by atomic mass is 10.1. The molecule has 1 aliphatic heterocycles. The van der Waals surface area contributed by atoms with Crippen molar-refractivity contribution in [2.45, 2.75) is 6.92 Å². The Hall–Kier alpha value is -2.59. The molecule has 0 saturated carbocycles. The van der Waals surface area contributed by atoms with Gasteiger partial charge < -0.3 is 14.5 Å². The first-order valence-corrected chi connectivity index (χ1v) is 9.30. The molecule has 4 rings (SSSR count). The number of ether oxygens (including phenoxy) is 1. The molecule has 1 aliphatic rings. The van der Waals surface area contributed by atoms with Gasteiger partial charge in [0, 0.05) is 37.1 Å². The number of pyridine rings is 1. The van der Waals surface area contributed by atoms with Crippen LogP contribution >= 0.6 is 0 Å². The van der Waals surface area contributed by atoms with Crippen molar-refractivity contribution in [3.05, 3.63) is 54.6 Å². The Balaban J connectivity index is 1.75. The van der Waals surface area contributed by atoms with Crippen LogP contribution in [0.5, 0.6) is 5.75 Å². The van der Waals surface area contributed by atoms with Gasteiger partial charge in [-0.3, -0.25) is 0 Å². The van der Waals surface area contributed by atoms with Crippen LogP contribution in [0.3, 0.4) is 0 Å². The Labute approximate surface area is 155 Å². The van der Waals surface area contributed by atoms with Crippen molar-refractivity contribution in [2.24, 2.45) is 0 Å². The lowest BCUT2D eigenvalue weighted by Gasteiger charge is -2.35. The Bertz CT molecular complexity index is 884. The van der Waals surface area contributed by atoms with Gasteiger partial charge in [0.2, 0.25) is 0 Å². The molecule has 1 fully saturated rings. The topological polar surface area (TPSA) is 28.6 Å². The number of methoxy groups -OCH3 is 1. The molecular weight excluding hydrogens is 322 g/mol. The molecule has 2 heterocycles. The molecule has 0 aliphatic carbocycles. The van der Waals surface area contributed by atoms with Gasteiger partial charge in [0.1, 0.15) is 11.6 Å². The summed E-state index contributed by atoms with van der Waals surface area (Å²) in [5.74, 6) is 1.97. The summed E-state index contributed by atoms with van der Waals surface area (Å²) >= 11 is 0. The normalized spacial score (nSPS) is 15.4. The van der Waals surface area contributed by atoms with Crippen LogP contribution < -0.4 is 9.64 Å². The highest BCUT2D eigenvalue weighted by Crippen LogP contribution is 2.31. The molecule has 0 spiro atoms. The molecule has 0 N–H and O–H groups in total. The van der Waals surface area contributed by atoms with E-state index in [1.807, 2.05) is 12.1 Å². The lowest BCUT2D eigenvalue weighted by Crippen LogP contribution is -2.46. The van der Waals surface area contributed by atoms with Crippen LogP contribution in [0.1, 0.15) is 6.92 Å². The number of hydrogen-bond acceptors (Lipinski definition) is 4. The van der Waals surface area contributed by atoms with Crippen molar-refractivity contribution in [2.75, 3.05) is 44.7 Å². The van der Waals surface area contributed by atoms with Gasteiger partial charge in [-0.2, -0.15) is 0 Å². The van der Waals surface area contributed by atoms with E-state index < -0.39 is 0 Å². The summed E-state index contributed by atoms with van der Waals surface area (Å²) in [5.41, 5.74) is 2.13. The summed E-state index contributed by atoms with van der Waals surface area (Å²) in [7, 11) is 1.69. The SMILES string of the molecule is CCN1CCN(c2nc(-c3ccc(OC)cc3)cc3ccccc23)CC1. The van der Waals surface area contributed by atoms with Crippen LogP contribution in [0.2, 0.25) is 0 Å². The summed E-state index contributed by atoms with van der Waals surface area (Å²) in [6.07, 6.45) is 0. The molecule has 1 aromatic heterocycles. The van der Waals surface area contributed by atoms with Crippen molar-refractivity contribution in [1.29, 1.82) is 0 Å². The number of piperazine rings is 1. The zero-order valence-electron chi connectivity index (χ0n) is 15.5. The maximum atomic E-state index is 5.28. The maximum absolute atomic E-state index is 5.28. The first kappa shape index (κ1) is 16.9. The molecule has 4 nitrogen and oxygen atoms in total. The third-order valence-corrected chi connectivity index (χ3v) is 5.23. The monoisotopic (exact) mass is 347 g/mol. The van der Waals surface area contributed by atoms with Gasteiger partial charge in [-0.15, -0.1) is 0 Å². The molecule has 0 amide bonds. The number of benzene rings is 2. The third kappa shape index (κ3) is 3.25. The average molecular weight is 347 g/mol. The molecule has 0 atom stereocenters. The van der Waals surface area contributed by atoms with E-state index in [-0.39, 0.29) is 0 Å². The van der Waals surface area contributed by atoms with E-state index in [0.717, 1.165) is 55.5 Å². The Morgan fingerprint density at radius 2 is 1.69 bits per heavy atom. The number of aromatic nitrogens is 1. The molecule has 0 unspecified atom stereocenters. The largest absolute Gasteiger partial charge is 0.497 e.